The highest BCUT2D eigenvalue weighted by molar-refractivity contribution is 7.88. The Kier molecular flexibility index (Phi) is 6.72. The number of anilines is 1. The fraction of sp³-hybridized carbons (Fsp3) is 0.350. The van der Waals surface area contributed by atoms with Crippen molar-refractivity contribution >= 4 is 33.2 Å². The van der Waals surface area contributed by atoms with Gasteiger partial charge in [0.25, 0.3) is 5.91 Å². The van der Waals surface area contributed by atoms with Crippen LogP contribution in [0.2, 0.25) is 5.02 Å². The maximum absolute atomic E-state index is 12.6. The predicted molar refractivity (Wildman–Crippen MR) is 111 cm³/mol. The minimum Gasteiger partial charge on any atom is -0.325 e. The van der Waals surface area contributed by atoms with Crippen LogP contribution < -0.4 is 10.2 Å². The molecule has 150 valence electrons. The fourth-order valence-electron chi connectivity index (χ4n) is 3.32. The number of sulfonamides is 1. The molecule has 28 heavy (non-hydrogen) atoms. The topological polar surface area (TPSA) is 70.9 Å². The number of piperazine rings is 1. The van der Waals surface area contributed by atoms with Crippen LogP contribution in [0, 0.1) is 6.92 Å². The zero-order valence-corrected chi connectivity index (χ0v) is 17.4. The van der Waals surface area contributed by atoms with Gasteiger partial charge in [-0.3, -0.25) is 4.79 Å². The molecule has 1 fully saturated rings. The zero-order valence-electron chi connectivity index (χ0n) is 15.8. The summed E-state index contributed by atoms with van der Waals surface area (Å²) >= 11 is 5.94. The van der Waals surface area contributed by atoms with Crippen molar-refractivity contribution in [2.45, 2.75) is 12.7 Å². The third-order valence-electron chi connectivity index (χ3n) is 4.89. The van der Waals surface area contributed by atoms with E-state index in [0.29, 0.717) is 37.7 Å². The van der Waals surface area contributed by atoms with Crippen molar-refractivity contribution in [2.75, 3.05) is 38.0 Å². The maximum Gasteiger partial charge on any atom is 0.279 e. The lowest BCUT2D eigenvalue weighted by molar-refractivity contribution is -0.895. The number of nitrogens with one attached hydrogen (secondary N) is 2. The van der Waals surface area contributed by atoms with E-state index in [1.165, 1.54) is 4.31 Å². The molecular formula is C20H25ClN3O3S+. The molecule has 0 spiro atoms. The van der Waals surface area contributed by atoms with E-state index in [4.69, 9.17) is 11.6 Å². The normalized spacial score (nSPS) is 16.1. The molecule has 1 heterocycles. The summed E-state index contributed by atoms with van der Waals surface area (Å²) in [4.78, 5) is 13.4. The van der Waals surface area contributed by atoms with Gasteiger partial charge in [-0.2, -0.15) is 4.31 Å². The Morgan fingerprint density at radius 1 is 1.14 bits per heavy atom. The number of benzene rings is 2. The molecule has 0 radical (unpaired) electrons. The lowest BCUT2D eigenvalue weighted by Crippen LogP contribution is -3.15. The van der Waals surface area contributed by atoms with Crippen LogP contribution >= 0.6 is 11.6 Å². The van der Waals surface area contributed by atoms with Crippen LogP contribution in [0.1, 0.15) is 11.1 Å². The third kappa shape index (κ3) is 5.54. The number of aryl methyl sites for hydroxylation is 1. The van der Waals surface area contributed by atoms with Gasteiger partial charge in [-0.1, -0.05) is 41.9 Å². The average Bonchev–Trinajstić information content (AvgIpc) is 2.65. The van der Waals surface area contributed by atoms with Gasteiger partial charge in [0.15, 0.2) is 6.54 Å². The average molecular weight is 423 g/mol. The lowest BCUT2D eigenvalue weighted by Gasteiger charge is -2.31. The van der Waals surface area contributed by atoms with Crippen molar-refractivity contribution in [3.8, 4) is 0 Å². The van der Waals surface area contributed by atoms with Crippen LogP contribution in [0.5, 0.6) is 0 Å². The number of carbonyl (C=O) groups excluding carboxylic acids is 1. The number of nitrogens with zero attached hydrogens (tertiary/aromatic N) is 1. The summed E-state index contributed by atoms with van der Waals surface area (Å²) in [6, 6.07) is 14.5. The molecule has 2 N–H and O–H groups in total. The Morgan fingerprint density at radius 3 is 2.46 bits per heavy atom. The minimum absolute atomic E-state index is 0.0134. The van der Waals surface area contributed by atoms with Gasteiger partial charge in [-0.15, -0.1) is 0 Å². The largest absolute Gasteiger partial charge is 0.325 e. The maximum atomic E-state index is 12.6. The molecule has 0 bridgehead atoms. The summed E-state index contributed by atoms with van der Waals surface area (Å²) in [5.74, 6) is -0.0690. The van der Waals surface area contributed by atoms with Gasteiger partial charge in [-0.05, 0) is 36.2 Å². The number of rotatable bonds is 6. The molecule has 0 aromatic heterocycles. The standard InChI is InChI=1S/C20H24ClN3O3S/c1-16-13-18(21)7-8-19(16)22-20(25)14-23-9-11-24(12-10-23)28(26,27)15-17-5-3-2-4-6-17/h2-8,13H,9-12,14-15H2,1H3,(H,22,25)/p+1. The van der Waals surface area contributed by atoms with Gasteiger partial charge in [0.05, 0.1) is 31.9 Å². The smallest absolute Gasteiger partial charge is 0.279 e. The van der Waals surface area contributed by atoms with Crippen molar-refractivity contribution in [3.05, 3.63) is 64.7 Å². The molecule has 1 saturated heterocycles. The molecule has 3 rings (SSSR count). The molecule has 1 amide bonds. The van der Waals surface area contributed by atoms with Gasteiger partial charge in [-0.25, -0.2) is 8.42 Å². The molecular weight excluding hydrogens is 398 g/mol. The molecule has 0 unspecified atom stereocenters. The molecule has 0 saturated carbocycles. The molecule has 0 atom stereocenters. The third-order valence-corrected chi connectivity index (χ3v) is 6.97. The number of carbonyl (C=O) groups is 1. The van der Waals surface area contributed by atoms with Crippen LogP contribution in [-0.2, 0) is 20.6 Å². The van der Waals surface area contributed by atoms with Crippen molar-refractivity contribution in [3.63, 3.8) is 0 Å². The van der Waals surface area contributed by atoms with Gasteiger partial charge in [0.1, 0.15) is 0 Å². The summed E-state index contributed by atoms with van der Waals surface area (Å²) in [7, 11) is -3.34. The summed E-state index contributed by atoms with van der Waals surface area (Å²) in [6.07, 6.45) is 0. The second-order valence-corrected chi connectivity index (χ2v) is 9.48. The van der Waals surface area contributed by atoms with Crippen LogP contribution in [0.25, 0.3) is 0 Å². The predicted octanol–water partition coefficient (Wildman–Crippen LogP) is 1.32. The van der Waals surface area contributed by atoms with Crippen LogP contribution in [0.4, 0.5) is 5.69 Å². The van der Waals surface area contributed by atoms with Crippen molar-refractivity contribution in [2.24, 2.45) is 0 Å². The van der Waals surface area contributed by atoms with E-state index < -0.39 is 10.0 Å². The van der Waals surface area contributed by atoms with Crippen molar-refractivity contribution < 1.29 is 18.1 Å². The molecule has 2 aromatic rings. The van der Waals surface area contributed by atoms with E-state index in [9.17, 15) is 13.2 Å². The first-order valence-corrected chi connectivity index (χ1v) is 11.2. The zero-order chi connectivity index (χ0) is 20.1. The minimum atomic E-state index is -3.34. The SMILES string of the molecule is Cc1cc(Cl)ccc1NC(=O)C[NH+]1CCN(S(=O)(=O)Cc2ccccc2)CC1. The van der Waals surface area contributed by atoms with E-state index in [2.05, 4.69) is 5.32 Å². The Balaban J connectivity index is 1.50. The van der Waals surface area contributed by atoms with Gasteiger partial charge in [0.2, 0.25) is 10.0 Å². The summed E-state index contributed by atoms with van der Waals surface area (Å²) in [5.41, 5.74) is 2.44. The monoisotopic (exact) mass is 422 g/mol. The van der Waals surface area contributed by atoms with Crippen LogP contribution in [0.3, 0.4) is 0 Å². The number of halogens is 1. The molecule has 8 heteroatoms. The first kappa shape index (κ1) is 20.8. The highest BCUT2D eigenvalue weighted by Crippen LogP contribution is 2.19. The van der Waals surface area contributed by atoms with Gasteiger partial charge >= 0.3 is 0 Å². The number of hydrogen-bond donors (Lipinski definition) is 2. The van der Waals surface area contributed by atoms with Gasteiger partial charge in [0, 0.05) is 10.7 Å². The summed E-state index contributed by atoms with van der Waals surface area (Å²) < 4.78 is 26.8. The summed E-state index contributed by atoms with van der Waals surface area (Å²) in [6.45, 7) is 4.29. The number of quaternary nitrogens is 1. The first-order valence-electron chi connectivity index (χ1n) is 9.25. The molecule has 0 aliphatic carbocycles. The number of hydrogen-bond acceptors (Lipinski definition) is 3. The first-order chi connectivity index (χ1) is 13.3. The Bertz CT molecular complexity index is 927. The molecule has 1 aliphatic rings. The summed E-state index contributed by atoms with van der Waals surface area (Å²) in [5, 5.41) is 3.54. The Labute approximate surface area is 171 Å². The van der Waals surface area contributed by atoms with E-state index in [0.717, 1.165) is 21.7 Å². The highest BCUT2D eigenvalue weighted by Gasteiger charge is 2.30. The Morgan fingerprint density at radius 2 is 1.82 bits per heavy atom. The fourth-order valence-corrected chi connectivity index (χ4v) is 5.08. The van der Waals surface area contributed by atoms with E-state index in [1.54, 1.807) is 18.2 Å². The number of amides is 1. The van der Waals surface area contributed by atoms with Crippen LogP contribution in [0.15, 0.2) is 48.5 Å². The van der Waals surface area contributed by atoms with E-state index in [1.807, 2.05) is 37.3 Å². The van der Waals surface area contributed by atoms with Gasteiger partial charge < -0.3 is 10.2 Å². The lowest BCUT2D eigenvalue weighted by atomic mass is 10.2. The van der Waals surface area contributed by atoms with Crippen molar-refractivity contribution in [1.82, 2.24) is 4.31 Å². The second-order valence-electron chi connectivity index (χ2n) is 7.08. The van der Waals surface area contributed by atoms with E-state index >= 15 is 0 Å². The second kappa shape index (κ2) is 9.05. The van der Waals surface area contributed by atoms with E-state index in [-0.39, 0.29) is 11.7 Å². The highest BCUT2D eigenvalue weighted by atomic mass is 35.5. The molecule has 1 aliphatic heterocycles. The molecule has 6 nitrogen and oxygen atoms in total. The Hall–Kier alpha value is -1.93. The molecule has 2 aromatic carbocycles. The quantitative estimate of drug-likeness (QED) is 0.737. The van der Waals surface area contributed by atoms with Crippen LogP contribution in [-0.4, -0.2) is 51.4 Å². The van der Waals surface area contributed by atoms with Crippen molar-refractivity contribution in [1.29, 1.82) is 0 Å².